The Morgan fingerprint density at radius 1 is 0.826 bits per heavy atom. The molecule has 118 valence electrons. The van der Waals surface area contributed by atoms with E-state index in [0.29, 0.717) is 0 Å². The van der Waals surface area contributed by atoms with Crippen molar-refractivity contribution >= 4 is 27.5 Å². The number of nitrogen functional groups attached to an aromatic ring is 1. The molecule has 0 aliphatic carbocycles. The Morgan fingerprint density at radius 3 is 2.39 bits per heavy atom. The van der Waals surface area contributed by atoms with Crippen LogP contribution in [0.25, 0.3) is 21.8 Å². The summed E-state index contributed by atoms with van der Waals surface area (Å²) in [7, 11) is 0. The zero-order valence-electron chi connectivity index (χ0n) is 14.1. The van der Waals surface area contributed by atoms with Crippen LogP contribution in [0.15, 0.2) is 42.6 Å². The molecule has 3 heteroatoms. The summed E-state index contributed by atoms with van der Waals surface area (Å²) >= 11 is 0. The highest BCUT2D eigenvalue weighted by Crippen LogP contribution is 2.26. The number of aryl methyl sites for hydroxylation is 4. The number of benzene rings is 2. The number of aromatic amines is 2. The SMILES string of the molecule is Cc1ccc2[nH]c(C)c(C)c2c1C.Nc1ccc2cc[nH]c2c1. The first-order valence-electron chi connectivity index (χ1n) is 7.85. The molecule has 4 rings (SSSR count). The van der Waals surface area contributed by atoms with E-state index < -0.39 is 0 Å². The fourth-order valence-electron chi connectivity index (χ4n) is 2.95. The summed E-state index contributed by atoms with van der Waals surface area (Å²) in [6.07, 6.45) is 1.91. The van der Waals surface area contributed by atoms with E-state index in [0.717, 1.165) is 11.2 Å². The minimum absolute atomic E-state index is 0.801. The molecule has 0 aliphatic rings. The Kier molecular flexibility index (Phi) is 3.87. The molecule has 0 amide bonds. The van der Waals surface area contributed by atoms with Crippen LogP contribution in [0.1, 0.15) is 22.4 Å². The van der Waals surface area contributed by atoms with E-state index >= 15 is 0 Å². The molecule has 0 saturated carbocycles. The van der Waals surface area contributed by atoms with Crippen molar-refractivity contribution in [3.63, 3.8) is 0 Å². The van der Waals surface area contributed by atoms with Crippen LogP contribution in [-0.4, -0.2) is 9.97 Å². The third-order valence-electron chi connectivity index (χ3n) is 4.57. The Bertz CT molecular complexity index is 973. The van der Waals surface area contributed by atoms with Crippen LogP contribution in [0.4, 0.5) is 5.69 Å². The van der Waals surface area contributed by atoms with Gasteiger partial charge in [-0.3, -0.25) is 0 Å². The summed E-state index contributed by atoms with van der Waals surface area (Å²) in [5.41, 5.74) is 14.2. The van der Waals surface area contributed by atoms with Gasteiger partial charge in [-0.25, -0.2) is 0 Å². The first-order valence-corrected chi connectivity index (χ1v) is 7.85. The fourth-order valence-corrected chi connectivity index (χ4v) is 2.95. The molecule has 0 unspecified atom stereocenters. The number of rotatable bonds is 0. The zero-order chi connectivity index (χ0) is 16.6. The van der Waals surface area contributed by atoms with Crippen molar-refractivity contribution < 1.29 is 0 Å². The second-order valence-electron chi connectivity index (χ2n) is 6.13. The molecule has 0 atom stereocenters. The molecule has 0 bridgehead atoms. The van der Waals surface area contributed by atoms with Gasteiger partial charge in [-0.05, 0) is 74.0 Å². The number of aromatic nitrogens is 2. The second kappa shape index (κ2) is 5.84. The average molecular weight is 305 g/mol. The lowest BCUT2D eigenvalue weighted by molar-refractivity contribution is 1.25. The highest BCUT2D eigenvalue weighted by molar-refractivity contribution is 5.88. The van der Waals surface area contributed by atoms with Crippen molar-refractivity contribution in [3.8, 4) is 0 Å². The van der Waals surface area contributed by atoms with E-state index in [9.17, 15) is 0 Å². The molecule has 0 radical (unpaired) electrons. The monoisotopic (exact) mass is 305 g/mol. The third kappa shape index (κ3) is 2.82. The molecule has 2 aromatic heterocycles. The van der Waals surface area contributed by atoms with Crippen LogP contribution in [0.2, 0.25) is 0 Å². The minimum atomic E-state index is 0.801. The molecule has 0 fully saturated rings. The number of anilines is 1. The Balaban J connectivity index is 0.000000140. The first kappa shape index (κ1) is 15.2. The lowest BCUT2D eigenvalue weighted by Gasteiger charge is -2.01. The van der Waals surface area contributed by atoms with Gasteiger partial charge in [0.25, 0.3) is 0 Å². The Labute approximate surface area is 136 Å². The molecular formula is C20H23N3. The van der Waals surface area contributed by atoms with Gasteiger partial charge in [0.1, 0.15) is 0 Å². The van der Waals surface area contributed by atoms with Crippen LogP contribution in [0, 0.1) is 27.7 Å². The van der Waals surface area contributed by atoms with Gasteiger partial charge in [0.05, 0.1) is 0 Å². The van der Waals surface area contributed by atoms with Gasteiger partial charge >= 0.3 is 0 Å². The van der Waals surface area contributed by atoms with Crippen molar-refractivity contribution in [2.45, 2.75) is 27.7 Å². The van der Waals surface area contributed by atoms with Crippen molar-refractivity contribution in [1.82, 2.24) is 9.97 Å². The van der Waals surface area contributed by atoms with E-state index in [1.54, 1.807) is 0 Å². The lowest BCUT2D eigenvalue weighted by Crippen LogP contribution is -1.82. The molecule has 3 nitrogen and oxygen atoms in total. The maximum Gasteiger partial charge on any atom is 0.0474 e. The van der Waals surface area contributed by atoms with Crippen LogP contribution in [0.3, 0.4) is 0 Å². The molecule has 0 aliphatic heterocycles. The second-order valence-corrected chi connectivity index (χ2v) is 6.13. The molecule has 2 heterocycles. The molecular weight excluding hydrogens is 282 g/mol. The topological polar surface area (TPSA) is 57.6 Å². The van der Waals surface area contributed by atoms with Crippen molar-refractivity contribution in [2.24, 2.45) is 0 Å². The average Bonchev–Trinajstić information content (AvgIpc) is 3.09. The maximum absolute atomic E-state index is 5.56. The Hall–Kier alpha value is -2.68. The highest BCUT2D eigenvalue weighted by Gasteiger charge is 2.07. The lowest BCUT2D eigenvalue weighted by atomic mass is 10.0. The minimum Gasteiger partial charge on any atom is -0.399 e. The molecule has 2 aromatic carbocycles. The standard InChI is InChI=1S/C12H15N.C8H8N2/c1-7-5-6-11-12(8(7)2)9(3)10(4)13-11;9-7-2-1-6-3-4-10-8(6)5-7/h5-6,13H,1-4H3;1-5,10H,9H2. The van der Waals surface area contributed by atoms with Gasteiger partial charge < -0.3 is 15.7 Å². The summed E-state index contributed by atoms with van der Waals surface area (Å²) in [5.74, 6) is 0. The number of hydrogen-bond acceptors (Lipinski definition) is 1. The Morgan fingerprint density at radius 2 is 1.61 bits per heavy atom. The van der Waals surface area contributed by atoms with Gasteiger partial charge in [-0.2, -0.15) is 0 Å². The summed E-state index contributed by atoms with van der Waals surface area (Å²) in [6, 6.07) is 12.2. The van der Waals surface area contributed by atoms with Crippen molar-refractivity contribution in [1.29, 1.82) is 0 Å². The number of H-pyrrole nitrogens is 2. The van der Waals surface area contributed by atoms with Gasteiger partial charge in [0.15, 0.2) is 0 Å². The third-order valence-corrected chi connectivity index (χ3v) is 4.57. The van der Waals surface area contributed by atoms with Crippen molar-refractivity contribution in [3.05, 3.63) is 65.0 Å². The van der Waals surface area contributed by atoms with Crippen LogP contribution < -0.4 is 5.73 Å². The van der Waals surface area contributed by atoms with E-state index in [2.05, 4.69) is 49.8 Å². The zero-order valence-corrected chi connectivity index (χ0v) is 14.1. The molecule has 0 spiro atoms. The summed E-state index contributed by atoms with van der Waals surface area (Å²) in [5, 5.41) is 2.60. The summed E-state index contributed by atoms with van der Waals surface area (Å²) in [6.45, 7) is 8.67. The van der Waals surface area contributed by atoms with Crippen LogP contribution in [-0.2, 0) is 0 Å². The van der Waals surface area contributed by atoms with E-state index in [1.807, 2.05) is 30.5 Å². The predicted molar refractivity (Wildman–Crippen MR) is 100.0 cm³/mol. The number of fused-ring (bicyclic) bond motifs is 2. The number of nitrogens with one attached hydrogen (secondary N) is 2. The van der Waals surface area contributed by atoms with Gasteiger partial charge in [-0.15, -0.1) is 0 Å². The smallest absolute Gasteiger partial charge is 0.0474 e. The van der Waals surface area contributed by atoms with Gasteiger partial charge in [0.2, 0.25) is 0 Å². The fraction of sp³-hybridized carbons (Fsp3) is 0.200. The quantitative estimate of drug-likeness (QED) is 0.386. The van der Waals surface area contributed by atoms with Gasteiger partial charge in [0, 0.05) is 34.0 Å². The summed E-state index contributed by atoms with van der Waals surface area (Å²) < 4.78 is 0. The van der Waals surface area contributed by atoms with Crippen LogP contribution >= 0.6 is 0 Å². The van der Waals surface area contributed by atoms with Gasteiger partial charge in [-0.1, -0.05) is 12.1 Å². The molecule has 4 aromatic rings. The van der Waals surface area contributed by atoms with Crippen LogP contribution in [0.5, 0.6) is 0 Å². The molecule has 0 saturated heterocycles. The normalized spacial score (nSPS) is 10.8. The largest absolute Gasteiger partial charge is 0.399 e. The maximum atomic E-state index is 5.56. The van der Waals surface area contributed by atoms with E-state index in [4.69, 9.17) is 5.73 Å². The predicted octanol–water partition coefficient (Wildman–Crippen LogP) is 5.15. The van der Waals surface area contributed by atoms with Crippen molar-refractivity contribution in [2.75, 3.05) is 5.73 Å². The van der Waals surface area contributed by atoms with E-state index in [-0.39, 0.29) is 0 Å². The first-order chi connectivity index (χ1) is 11.0. The molecule has 23 heavy (non-hydrogen) atoms. The number of hydrogen-bond donors (Lipinski definition) is 3. The molecule has 4 N–H and O–H groups in total. The van der Waals surface area contributed by atoms with E-state index in [1.165, 1.54) is 38.7 Å². The summed E-state index contributed by atoms with van der Waals surface area (Å²) in [4.78, 5) is 6.48. The number of nitrogens with two attached hydrogens (primary N) is 1. The highest BCUT2D eigenvalue weighted by atomic mass is 14.7.